The Bertz CT molecular complexity index is 564. The van der Waals surface area contributed by atoms with Crippen LogP contribution in [0.3, 0.4) is 0 Å². The SMILES string of the molecule is COC(=O)c1cn(CCOCc2ccccc2)c(C)n1. The quantitative estimate of drug-likeness (QED) is 0.598. The van der Waals surface area contributed by atoms with Crippen LogP contribution in [-0.4, -0.2) is 29.2 Å². The van der Waals surface area contributed by atoms with E-state index in [-0.39, 0.29) is 0 Å². The number of imidazole rings is 1. The summed E-state index contributed by atoms with van der Waals surface area (Å²) < 4.78 is 12.1. The maximum absolute atomic E-state index is 11.4. The maximum atomic E-state index is 11.4. The van der Waals surface area contributed by atoms with E-state index in [0.29, 0.717) is 25.5 Å². The van der Waals surface area contributed by atoms with Crippen molar-refractivity contribution in [3.63, 3.8) is 0 Å². The Morgan fingerprint density at radius 1 is 1.30 bits per heavy atom. The summed E-state index contributed by atoms with van der Waals surface area (Å²) in [7, 11) is 1.35. The number of carbonyl (C=O) groups excluding carboxylic acids is 1. The Labute approximate surface area is 118 Å². The largest absolute Gasteiger partial charge is 0.464 e. The number of nitrogens with zero attached hydrogens (tertiary/aromatic N) is 2. The second kappa shape index (κ2) is 6.86. The van der Waals surface area contributed by atoms with E-state index in [1.165, 1.54) is 7.11 Å². The first-order valence-corrected chi connectivity index (χ1v) is 6.44. The van der Waals surface area contributed by atoms with Crippen molar-refractivity contribution in [2.75, 3.05) is 13.7 Å². The van der Waals surface area contributed by atoms with Crippen LogP contribution < -0.4 is 0 Å². The van der Waals surface area contributed by atoms with Crippen LogP contribution in [0, 0.1) is 6.92 Å². The molecule has 0 saturated heterocycles. The zero-order valence-corrected chi connectivity index (χ0v) is 11.7. The molecule has 1 aromatic heterocycles. The predicted octanol–water partition coefficient (Wildman–Crippen LogP) is 2.19. The Balaban J connectivity index is 1.82. The number of esters is 1. The van der Waals surface area contributed by atoms with Crippen LogP contribution in [0.1, 0.15) is 21.9 Å². The van der Waals surface area contributed by atoms with Crippen molar-refractivity contribution in [2.24, 2.45) is 0 Å². The van der Waals surface area contributed by atoms with Gasteiger partial charge >= 0.3 is 5.97 Å². The fourth-order valence-corrected chi connectivity index (χ4v) is 1.86. The van der Waals surface area contributed by atoms with Crippen molar-refractivity contribution >= 4 is 5.97 Å². The molecular weight excluding hydrogens is 256 g/mol. The lowest BCUT2D eigenvalue weighted by Gasteiger charge is -2.06. The second-order valence-corrected chi connectivity index (χ2v) is 4.40. The molecule has 0 amide bonds. The number of aromatic nitrogens is 2. The molecule has 5 heteroatoms. The Morgan fingerprint density at radius 3 is 2.75 bits per heavy atom. The average Bonchev–Trinajstić information content (AvgIpc) is 2.85. The monoisotopic (exact) mass is 274 g/mol. The van der Waals surface area contributed by atoms with E-state index < -0.39 is 5.97 Å². The van der Waals surface area contributed by atoms with E-state index in [4.69, 9.17) is 4.74 Å². The van der Waals surface area contributed by atoms with Crippen molar-refractivity contribution in [3.05, 3.63) is 53.6 Å². The minimum atomic E-state index is -0.419. The number of ether oxygens (including phenoxy) is 2. The second-order valence-electron chi connectivity index (χ2n) is 4.40. The number of benzene rings is 1. The molecule has 0 atom stereocenters. The maximum Gasteiger partial charge on any atom is 0.358 e. The Hall–Kier alpha value is -2.14. The van der Waals surface area contributed by atoms with Crippen molar-refractivity contribution in [1.82, 2.24) is 9.55 Å². The molecule has 0 unspecified atom stereocenters. The zero-order valence-electron chi connectivity index (χ0n) is 11.7. The Morgan fingerprint density at radius 2 is 2.05 bits per heavy atom. The number of hydrogen-bond acceptors (Lipinski definition) is 4. The first-order valence-electron chi connectivity index (χ1n) is 6.44. The van der Waals surface area contributed by atoms with Crippen LogP contribution >= 0.6 is 0 Å². The van der Waals surface area contributed by atoms with Crippen LogP contribution in [0.4, 0.5) is 0 Å². The first-order chi connectivity index (χ1) is 9.70. The van der Waals surface area contributed by atoms with Crippen molar-refractivity contribution in [2.45, 2.75) is 20.1 Å². The van der Waals surface area contributed by atoms with Gasteiger partial charge in [-0.1, -0.05) is 30.3 Å². The fourth-order valence-electron chi connectivity index (χ4n) is 1.86. The molecule has 106 valence electrons. The Kier molecular flexibility index (Phi) is 4.90. The van der Waals surface area contributed by atoms with Gasteiger partial charge in [0.15, 0.2) is 5.69 Å². The van der Waals surface area contributed by atoms with E-state index in [9.17, 15) is 4.79 Å². The lowest BCUT2D eigenvalue weighted by Crippen LogP contribution is -2.07. The van der Waals surface area contributed by atoms with Gasteiger partial charge in [-0.3, -0.25) is 0 Å². The van der Waals surface area contributed by atoms with Gasteiger partial charge in [0, 0.05) is 12.7 Å². The smallest absolute Gasteiger partial charge is 0.358 e. The molecule has 0 aliphatic rings. The van der Waals surface area contributed by atoms with Gasteiger partial charge in [0.25, 0.3) is 0 Å². The minimum Gasteiger partial charge on any atom is -0.464 e. The summed E-state index contributed by atoms with van der Waals surface area (Å²) in [6, 6.07) is 10.0. The highest BCUT2D eigenvalue weighted by atomic mass is 16.5. The summed E-state index contributed by atoms with van der Waals surface area (Å²) in [6.07, 6.45) is 1.69. The molecule has 2 rings (SSSR count). The summed E-state index contributed by atoms with van der Waals surface area (Å²) in [5.74, 6) is 0.353. The first kappa shape index (κ1) is 14.3. The van der Waals surface area contributed by atoms with Crippen LogP contribution in [0.25, 0.3) is 0 Å². The standard InChI is InChI=1S/C15H18N2O3/c1-12-16-14(15(18)19-2)10-17(12)8-9-20-11-13-6-4-3-5-7-13/h3-7,10H,8-9,11H2,1-2H3. The van der Waals surface area contributed by atoms with Crippen LogP contribution in [0.5, 0.6) is 0 Å². The predicted molar refractivity (Wildman–Crippen MR) is 74.4 cm³/mol. The van der Waals surface area contributed by atoms with Gasteiger partial charge < -0.3 is 14.0 Å². The van der Waals surface area contributed by atoms with E-state index in [2.05, 4.69) is 9.72 Å². The molecule has 20 heavy (non-hydrogen) atoms. The van der Waals surface area contributed by atoms with E-state index in [1.807, 2.05) is 41.8 Å². The van der Waals surface area contributed by atoms with Gasteiger partial charge in [-0.15, -0.1) is 0 Å². The molecule has 0 aliphatic heterocycles. The average molecular weight is 274 g/mol. The highest BCUT2D eigenvalue weighted by molar-refractivity contribution is 5.86. The molecule has 1 heterocycles. The lowest BCUT2D eigenvalue weighted by molar-refractivity contribution is 0.0594. The summed E-state index contributed by atoms with van der Waals surface area (Å²) in [5, 5.41) is 0. The third kappa shape index (κ3) is 3.68. The van der Waals surface area contributed by atoms with E-state index >= 15 is 0 Å². The molecule has 0 aliphatic carbocycles. The highest BCUT2D eigenvalue weighted by Crippen LogP contribution is 2.05. The van der Waals surface area contributed by atoms with Crippen molar-refractivity contribution < 1.29 is 14.3 Å². The molecule has 2 aromatic rings. The molecule has 0 saturated carbocycles. The van der Waals surface area contributed by atoms with Crippen molar-refractivity contribution in [1.29, 1.82) is 0 Å². The van der Waals surface area contributed by atoms with Crippen molar-refractivity contribution in [3.8, 4) is 0 Å². The third-order valence-electron chi connectivity index (χ3n) is 2.96. The van der Waals surface area contributed by atoms with Gasteiger partial charge in [0.2, 0.25) is 0 Å². The van der Waals surface area contributed by atoms with Gasteiger partial charge in [0.1, 0.15) is 5.82 Å². The number of methoxy groups -OCH3 is 1. The summed E-state index contributed by atoms with van der Waals surface area (Å²) in [4.78, 5) is 15.5. The van der Waals surface area contributed by atoms with Gasteiger partial charge in [0.05, 0.1) is 20.3 Å². The van der Waals surface area contributed by atoms with E-state index in [0.717, 1.165) is 11.4 Å². The molecule has 0 fully saturated rings. The molecule has 5 nitrogen and oxygen atoms in total. The number of aryl methyl sites for hydroxylation is 1. The molecule has 1 aromatic carbocycles. The topological polar surface area (TPSA) is 53.4 Å². The molecule has 0 spiro atoms. The van der Waals surface area contributed by atoms with E-state index in [1.54, 1.807) is 6.20 Å². The fraction of sp³-hybridized carbons (Fsp3) is 0.333. The minimum absolute atomic E-state index is 0.327. The highest BCUT2D eigenvalue weighted by Gasteiger charge is 2.11. The molecular formula is C15H18N2O3. The number of carbonyl (C=O) groups is 1. The number of rotatable bonds is 6. The van der Waals surface area contributed by atoms with Gasteiger partial charge in [-0.2, -0.15) is 0 Å². The summed E-state index contributed by atoms with van der Waals surface area (Å²) in [5.41, 5.74) is 1.47. The van der Waals surface area contributed by atoms with Crippen LogP contribution in [-0.2, 0) is 22.6 Å². The molecule has 0 bridgehead atoms. The summed E-state index contributed by atoms with van der Waals surface area (Å²) >= 11 is 0. The van der Waals surface area contributed by atoms with Crippen LogP contribution in [0.2, 0.25) is 0 Å². The third-order valence-corrected chi connectivity index (χ3v) is 2.96. The van der Waals surface area contributed by atoms with Gasteiger partial charge in [-0.25, -0.2) is 9.78 Å². The normalized spacial score (nSPS) is 10.5. The lowest BCUT2D eigenvalue weighted by atomic mass is 10.2. The van der Waals surface area contributed by atoms with Crippen LogP contribution in [0.15, 0.2) is 36.5 Å². The number of hydrogen-bond donors (Lipinski definition) is 0. The zero-order chi connectivity index (χ0) is 14.4. The molecule has 0 N–H and O–H groups in total. The van der Waals surface area contributed by atoms with Gasteiger partial charge in [-0.05, 0) is 12.5 Å². The summed E-state index contributed by atoms with van der Waals surface area (Å²) in [6.45, 7) is 3.65. The molecule has 0 radical (unpaired) electrons.